The summed E-state index contributed by atoms with van der Waals surface area (Å²) in [6, 6.07) is 5.55. The number of carboxylic acid groups (broad SMARTS) is 1. The number of alkyl carbamates (subject to hydrolysis) is 1. The number of carboxylic acids is 1. The van der Waals surface area contributed by atoms with E-state index in [4.69, 9.17) is 9.84 Å². The predicted molar refractivity (Wildman–Crippen MR) is 94.8 cm³/mol. The molecule has 0 spiro atoms. The molecule has 0 bridgehead atoms. The lowest BCUT2D eigenvalue weighted by Gasteiger charge is -2.29. The van der Waals surface area contributed by atoms with E-state index in [0.29, 0.717) is 11.4 Å². The third-order valence-electron chi connectivity index (χ3n) is 3.35. The van der Waals surface area contributed by atoms with Gasteiger partial charge in [0, 0.05) is 18.0 Å². The summed E-state index contributed by atoms with van der Waals surface area (Å²) in [6.07, 6.45) is -0.630. The van der Waals surface area contributed by atoms with E-state index in [1.165, 1.54) is 16.7 Å². The van der Waals surface area contributed by atoms with Crippen LogP contribution in [0.3, 0.4) is 0 Å². The molecule has 0 unspecified atom stereocenters. The van der Waals surface area contributed by atoms with Crippen molar-refractivity contribution in [3.63, 3.8) is 0 Å². The minimum absolute atomic E-state index is 0.115. The van der Waals surface area contributed by atoms with Crippen LogP contribution >= 0.6 is 11.8 Å². The number of hydrogen-bond acceptors (Lipinski definition) is 5. The number of rotatable bonds is 5. The molecule has 0 aliphatic carbocycles. The fraction of sp³-hybridized carbons (Fsp3) is 0.471. The third-order valence-corrected chi connectivity index (χ3v) is 4.40. The Morgan fingerprint density at radius 3 is 2.72 bits per heavy atom. The van der Waals surface area contributed by atoms with Crippen LogP contribution in [0.2, 0.25) is 0 Å². The van der Waals surface area contributed by atoms with Crippen molar-refractivity contribution in [2.45, 2.75) is 44.2 Å². The van der Waals surface area contributed by atoms with Gasteiger partial charge >= 0.3 is 12.1 Å². The number of hydrogen-bond donors (Lipinski definition) is 2. The summed E-state index contributed by atoms with van der Waals surface area (Å²) >= 11 is 1.43. The molecule has 136 valence electrons. The van der Waals surface area contributed by atoms with Crippen LogP contribution in [0.25, 0.3) is 0 Å². The first kappa shape index (κ1) is 19.1. The van der Waals surface area contributed by atoms with Crippen molar-refractivity contribution in [2.75, 3.05) is 17.2 Å². The number of anilines is 1. The van der Waals surface area contributed by atoms with E-state index in [1.807, 2.05) is 12.1 Å². The van der Waals surface area contributed by atoms with Crippen LogP contribution in [-0.2, 0) is 20.9 Å². The summed E-state index contributed by atoms with van der Waals surface area (Å²) in [5.41, 5.74) is 0.919. The van der Waals surface area contributed by atoms with Gasteiger partial charge in [-0.25, -0.2) is 4.79 Å². The summed E-state index contributed by atoms with van der Waals surface area (Å²) in [5, 5.41) is 11.5. The van der Waals surface area contributed by atoms with E-state index in [9.17, 15) is 14.4 Å². The molecule has 2 N–H and O–H groups in total. The Hall–Kier alpha value is -2.22. The van der Waals surface area contributed by atoms with E-state index >= 15 is 0 Å². The lowest BCUT2D eigenvalue weighted by atomic mass is 10.1. The molecule has 1 aliphatic heterocycles. The summed E-state index contributed by atoms with van der Waals surface area (Å²) < 4.78 is 5.19. The number of ether oxygens (including phenoxy) is 1. The van der Waals surface area contributed by atoms with Crippen molar-refractivity contribution in [2.24, 2.45) is 0 Å². The van der Waals surface area contributed by atoms with Crippen LogP contribution in [0.5, 0.6) is 0 Å². The average molecular weight is 366 g/mol. The van der Waals surface area contributed by atoms with Gasteiger partial charge in [0.2, 0.25) is 5.91 Å². The zero-order chi connectivity index (χ0) is 18.6. The minimum Gasteiger partial charge on any atom is -0.481 e. The molecule has 2 rings (SSSR count). The van der Waals surface area contributed by atoms with E-state index in [2.05, 4.69) is 5.32 Å². The summed E-state index contributed by atoms with van der Waals surface area (Å²) in [6.45, 7) is 5.75. The lowest BCUT2D eigenvalue weighted by molar-refractivity contribution is -0.136. The Bertz CT molecular complexity index is 684. The highest BCUT2D eigenvalue weighted by molar-refractivity contribution is 8.00. The SMILES string of the molecule is CC(C)(C)OC(=O)NCc1ccc2c(c1)N(CCC(=O)O)C(=O)CS2. The van der Waals surface area contributed by atoms with Crippen LogP contribution in [0.4, 0.5) is 10.5 Å². The third kappa shape index (κ3) is 5.67. The Labute approximate surface area is 150 Å². The number of carbonyl (C=O) groups excluding carboxylic acids is 2. The van der Waals surface area contributed by atoms with Gasteiger partial charge in [-0.1, -0.05) is 6.07 Å². The van der Waals surface area contributed by atoms with Crippen molar-refractivity contribution in [1.82, 2.24) is 5.32 Å². The lowest BCUT2D eigenvalue weighted by Crippen LogP contribution is -2.37. The van der Waals surface area contributed by atoms with E-state index < -0.39 is 17.7 Å². The highest BCUT2D eigenvalue weighted by Crippen LogP contribution is 2.36. The smallest absolute Gasteiger partial charge is 0.407 e. The Balaban J connectivity index is 2.09. The van der Waals surface area contributed by atoms with Gasteiger partial charge in [0.25, 0.3) is 0 Å². The molecule has 25 heavy (non-hydrogen) atoms. The van der Waals surface area contributed by atoms with Crippen LogP contribution in [0, 0.1) is 0 Å². The number of carbonyl (C=O) groups is 3. The molecule has 0 saturated heterocycles. The standard InChI is InChI=1S/C17H22N2O5S/c1-17(2,3)24-16(23)18-9-11-4-5-13-12(8-11)19(7-6-15(21)22)14(20)10-25-13/h4-5,8H,6-7,9-10H2,1-3H3,(H,18,23)(H,21,22). The molecule has 0 atom stereocenters. The molecule has 0 saturated carbocycles. The molecule has 8 heteroatoms. The molecule has 1 aromatic carbocycles. The zero-order valence-corrected chi connectivity index (χ0v) is 15.3. The normalized spacial score (nSPS) is 14.0. The van der Waals surface area contributed by atoms with Crippen molar-refractivity contribution in [3.8, 4) is 0 Å². The second-order valence-corrected chi connectivity index (χ2v) is 7.65. The Morgan fingerprint density at radius 2 is 2.08 bits per heavy atom. The van der Waals surface area contributed by atoms with Gasteiger partial charge in [-0.3, -0.25) is 9.59 Å². The number of thioether (sulfide) groups is 1. The van der Waals surface area contributed by atoms with Crippen LogP contribution in [-0.4, -0.2) is 41.0 Å². The van der Waals surface area contributed by atoms with Gasteiger partial charge in [-0.2, -0.15) is 0 Å². The molecular formula is C17H22N2O5S. The molecule has 7 nitrogen and oxygen atoms in total. The van der Waals surface area contributed by atoms with Crippen LogP contribution in [0.15, 0.2) is 23.1 Å². The summed E-state index contributed by atoms with van der Waals surface area (Å²) in [7, 11) is 0. The molecule has 1 heterocycles. The molecule has 0 aromatic heterocycles. The first-order valence-corrected chi connectivity index (χ1v) is 8.89. The molecule has 2 amide bonds. The maximum absolute atomic E-state index is 12.1. The topological polar surface area (TPSA) is 95.9 Å². The number of nitrogens with one attached hydrogen (secondary N) is 1. The first-order valence-electron chi connectivity index (χ1n) is 7.90. The van der Waals surface area contributed by atoms with Gasteiger partial charge < -0.3 is 20.1 Å². The molecule has 1 aliphatic rings. The number of fused-ring (bicyclic) bond motifs is 1. The van der Waals surface area contributed by atoms with Crippen LogP contribution in [0.1, 0.15) is 32.8 Å². The number of aliphatic carboxylic acids is 1. The molecular weight excluding hydrogens is 344 g/mol. The van der Waals surface area contributed by atoms with Crippen molar-refractivity contribution in [3.05, 3.63) is 23.8 Å². The Kier molecular flexibility index (Phi) is 5.94. The maximum atomic E-state index is 12.1. The average Bonchev–Trinajstić information content (AvgIpc) is 2.50. The van der Waals surface area contributed by atoms with Crippen molar-refractivity contribution in [1.29, 1.82) is 0 Å². The minimum atomic E-state index is -0.949. The maximum Gasteiger partial charge on any atom is 0.407 e. The Morgan fingerprint density at radius 1 is 1.36 bits per heavy atom. The quantitative estimate of drug-likeness (QED) is 0.832. The van der Waals surface area contributed by atoms with E-state index in [-0.39, 0.29) is 25.4 Å². The number of nitrogens with zero attached hydrogens (tertiary/aromatic N) is 1. The second-order valence-electron chi connectivity index (χ2n) is 6.64. The van der Waals surface area contributed by atoms with Crippen molar-refractivity contribution >= 4 is 35.4 Å². The van der Waals surface area contributed by atoms with Gasteiger partial charge in [-0.05, 0) is 38.5 Å². The number of amides is 2. The fourth-order valence-corrected chi connectivity index (χ4v) is 3.21. The van der Waals surface area contributed by atoms with E-state index in [0.717, 1.165) is 10.5 Å². The molecule has 1 aromatic rings. The van der Waals surface area contributed by atoms with Crippen molar-refractivity contribution < 1.29 is 24.2 Å². The van der Waals surface area contributed by atoms with Gasteiger partial charge in [0.1, 0.15) is 5.60 Å². The van der Waals surface area contributed by atoms with E-state index in [1.54, 1.807) is 26.8 Å². The van der Waals surface area contributed by atoms with Gasteiger partial charge in [0.15, 0.2) is 0 Å². The second kappa shape index (κ2) is 7.77. The summed E-state index contributed by atoms with van der Waals surface area (Å²) in [4.78, 5) is 37.1. The number of benzene rings is 1. The van der Waals surface area contributed by atoms with Crippen LogP contribution < -0.4 is 10.2 Å². The van der Waals surface area contributed by atoms with Gasteiger partial charge in [-0.15, -0.1) is 11.8 Å². The highest BCUT2D eigenvalue weighted by Gasteiger charge is 2.25. The van der Waals surface area contributed by atoms with Gasteiger partial charge in [0.05, 0.1) is 17.9 Å². The molecule has 0 radical (unpaired) electrons. The zero-order valence-electron chi connectivity index (χ0n) is 14.5. The summed E-state index contributed by atoms with van der Waals surface area (Å²) in [5.74, 6) is -0.770. The highest BCUT2D eigenvalue weighted by atomic mass is 32.2. The fourth-order valence-electron chi connectivity index (χ4n) is 2.30. The largest absolute Gasteiger partial charge is 0.481 e. The first-order chi connectivity index (χ1) is 11.7. The monoisotopic (exact) mass is 366 g/mol. The predicted octanol–water partition coefficient (Wildman–Crippen LogP) is 2.62. The molecule has 0 fully saturated rings.